The summed E-state index contributed by atoms with van der Waals surface area (Å²) in [4.78, 5) is 42.5. The largest absolute Gasteiger partial charge is 0.394 e. The highest BCUT2D eigenvalue weighted by molar-refractivity contribution is 6.07. The average Bonchev–Trinajstić information content (AvgIpc) is 3.60. The van der Waals surface area contributed by atoms with E-state index >= 15 is 0 Å². The molecular weight excluding hydrogens is 484 g/mol. The number of anilines is 1. The molecule has 0 spiro atoms. The number of aromatic nitrogens is 2. The molecule has 1 saturated heterocycles. The first kappa shape index (κ1) is 25.7. The number of para-hydroxylation sites is 1. The summed E-state index contributed by atoms with van der Waals surface area (Å²) in [6, 6.07) is 12.2. The van der Waals surface area contributed by atoms with E-state index in [1.54, 1.807) is 60.4 Å². The molecule has 1 aromatic heterocycles. The molecule has 3 aromatic rings. The molecule has 5 rings (SSSR count). The summed E-state index contributed by atoms with van der Waals surface area (Å²) < 4.78 is 1.40. The summed E-state index contributed by atoms with van der Waals surface area (Å²) in [5.74, 6) is -1.25. The molecule has 2 aromatic carbocycles. The number of aliphatic hydroxyl groups is 2. The lowest BCUT2D eigenvalue weighted by Crippen LogP contribution is -2.44. The quantitative estimate of drug-likeness (QED) is 0.398. The highest BCUT2D eigenvalue weighted by Crippen LogP contribution is 2.46. The third-order valence-electron chi connectivity index (χ3n) is 7.70. The molecular formula is C29H32N4O5. The molecule has 0 aliphatic carbocycles. The Morgan fingerprint density at radius 1 is 1.26 bits per heavy atom. The van der Waals surface area contributed by atoms with Crippen LogP contribution < -0.4 is 10.5 Å². The van der Waals surface area contributed by atoms with Gasteiger partial charge in [-0.1, -0.05) is 37.3 Å². The number of likely N-dealkylation sites (tertiary alicyclic amines) is 1. The first-order valence-electron chi connectivity index (χ1n) is 12.9. The van der Waals surface area contributed by atoms with Crippen molar-refractivity contribution in [2.24, 2.45) is 5.92 Å². The van der Waals surface area contributed by atoms with Gasteiger partial charge in [0.2, 0.25) is 5.91 Å². The fourth-order valence-electron chi connectivity index (χ4n) is 5.61. The van der Waals surface area contributed by atoms with Crippen LogP contribution in [-0.4, -0.2) is 62.4 Å². The third-order valence-corrected chi connectivity index (χ3v) is 7.70. The lowest BCUT2D eigenvalue weighted by atomic mass is 9.82. The van der Waals surface area contributed by atoms with Crippen molar-refractivity contribution in [2.45, 2.75) is 37.8 Å². The molecule has 9 nitrogen and oxygen atoms in total. The first-order valence-corrected chi connectivity index (χ1v) is 12.9. The van der Waals surface area contributed by atoms with E-state index in [-0.39, 0.29) is 37.1 Å². The van der Waals surface area contributed by atoms with Gasteiger partial charge in [-0.05, 0) is 43.2 Å². The second-order valence-electron chi connectivity index (χ2n) is 9.96. The molecule has 2 aliphatic rings. The van der Waals surface area contributed by atoms with Crippen LogP contribution in [0.5, 0.6) is 0 Å². The van der Waals surface area contributed by atoms with Gasteiger partial charge in [0, 0.05) is 31.0 Å². The van der Waals surface area contributed by atoms with Crippen LogP contribution in [0.25, 0.3) is 16.6 Å². The fourth-order valence-corrected chi connectivity index (χ4v) is 5.61. The Balaban J connectivity index is 1.48. The Morgan fingerprint density at radius 2 is 2.05 bits per heavy atom. The maximum Gasteiger partial charge on any atom is 0.279 e. The topological polar surface area (TPSA) is 119 Å². The summed E-state index contributed by atoms with van der Waals surface area (Å²) in [5.41, 5.74) is -0.0246. The summed E-state index contributed by atoms with van der Waals surface area (Å²) in [6.45, 7) is 6.25. The van der Waals surface area contributed by atoms with E-state index in [0.717, 1.165) is 12.8 Å². The second kappa shape index (κ2) is 10.1. The summed E-state index contributed by atoms with van der Waals surface area (Å²) in [7, 11) is 0. The summed E-state index contributed by atoms with van der Waals surface area (Å²) in [5, 5.41) is 25.1. The van der Waals surface area contributed by atoms with Crippen molar-refractivity contribution in [1.29, 1.82) is 0 Å². The van der Waals surface area contributed by atoms with Gasteiger partial charge < -0.3 is 20.0 Å². The maximum atomic E-state index is 13.6. The predicted molar refractivity (Wildman–Crippen MR) is 145 cm³/mol. The van der Waals surface area contributed by atoms with Crippen LogP contribution in [0.2, 0.25) is 0 Å². The Bertz CT molecular complexity index is 1490. The molecule has 9 heteroatoms. The maximum absolute atomic E-state index is 13.6. The monoisotopic (exact) mass is 516 g/mol. The number of nitrogens with one attached hydrogen (secondary N) is 1. The number of carbonyl (C=O) groups is 2. The minimum atomic E-state index is -1.90. The summed E-state index contributed by atoms with van der Waals surface area (Å²) in [6.07, 6.45) is 6.71. The smallest absolute Gasteiger partial charge is 0.279 e. The first-order chi connectivity index (χ1) is 18.3. The standard InChI is InChI=1S/C29H32N4O5/c1-3-15-32-25-14-13-20(33-27(36)22-10-4-5-11-24(22)30-33)17-23(25)29(38,28(32)37)19(2)8-6-12-26(35)31-16-7-9-21(31)18-34/h3-6,8,10-11,13-14,17,19,21,30,34,38H,1,7,9,12,15-16,18H2,2H3/b8-6+/t19-,21+,29+/m1/s1. The van der Waals surface area contributed by atoms with Gasteiger partial charge in [-0.15, -0.1) is 6.58 Å². The normalized spacial score (nSPS) is 22.0. The molecule has 38 heavy (non-hydrogen) atoms. The Labute approximate surface area is 220 Å². The third kappa shape index (κ3) is 4.08. The number of carbonyl (C=O) groups excluding carboxylic acids is 2. The molecule has 2 aliphatic heterocycles. The van der Waals surface area contributed by atoms with Crippen LogP contribution >= 0.6 is 0 Å². The van der Waals surface area contributed by atoms with E-state index in [4.69, 9.17) is 0 Å². The van der Waals surface area contributed by atoms with Crippen LogP contribution in [0.3, 0.4) is 0 Å². The minimum Gasteiger partial charge on any atom is -0.394 e. The van der Waals surface area contributed by atoms with Crippen molar-refractivity contribution < 1.29 is 19.8 Å². The highest BCUT2D eigenvalue weighted by atomic mass is 16.3. The van der Waals surface area contributed by atoms with Crippen LogP contribution in [0.4, 0.5) is 5.69 Å². The molecule has 0 radical (unpaired) electrons. The van der Waals surface area contributed by atoms with Crippen molar-refractivity contribution in [2.75, 3.05) is 24.6 Å². The van der Waals surface area contributed by atoms with Crippen LogP contribution in [0, 0.1) is 5.92 Å². The van der Waals surface area contributed by atoms with E-state index < -0.39 is 17.4 Å². The molecule has 0 unspecified atom stereocenters. The summed E-state index contributed by atoms with van der Waals surface area (Å²) >= 11 is 0. The van der Waals surface area contributed by atoms with Gasteiger partial charge in [0.15, 0.2) is 5.60 Å². The van der Waals surface area contributed by atoms with Crippen LogP contribution in [-0.2, 0) is 15.2 Å². The molecule has 0 saturated carbocycles. The number of fused-ring (bicyclic) bond motifs is 2. The van der Waals surface area contributed by atoms with E-state index in [1.165, 1.54) is 9.58 Å². The average molecular weight is 517 g/mol. The Kier molecular flexibility index (Phi) is 6.81. The van der Waals surface area contributed by atoms with E-state index in [9.17, 15) is 24.6 Å². The van der Waals surface area contributed by atoms with Gasteiger partial charge in [0.1, 0.15) is 0 Å². The van der Waals surface area contributed by atoms with E-state index in [0.29, 0.717) is 34.4 Å². The van der Waals surface area contributed by atoms with E-state index in [2.05, 4.69) is 11.7 Å². The van der Waals surface area contributed by atoms with Gasteiger partial charge in [-0.3, -0.25) is 19.5 Å². The molecule has 1 fully saturated rings. The molecule has 3 heterocycles. The molecule has 198 valence electrons. The fraction of sp³-hybridized carbons (Fsp3) is 0.345. The van der Waals surface area contributed by atoms with Crippen molar-refractivity contribution in [3.8, 4) is 5.69 Å². The number of aliphatic hydroxyl groups excluding tert-OH is 1. The number of benzene rings is 2. The number of aromatic amines is 1. The molecule has 3 N–H and O–H groups in total. The molecule has 3 atom stereocenters. The van der Waals surface area contributed by atoms with Crippen molar-refractivity contribution in [3.05, 3.63) is 83.2 Å². The van der Waals surface area contributed by atoms with Crippen LogP contribution in [0.15, 0.2) is 72.1 Å². The van der Waals surface area contributed by atoms with Crippen molar-refractivity contribution in [1.82, 2.24) is 14.7 Å². The highest BCUT2D eigenvalue weighted by Gasteiger charge is 2.52. The van der Waals surface area contributed by atoms with Crippen molar-refractivity contribution >= 4 is 28.4 Å². The number of rotatable bonds is 8. The minimum absolute atomic E-state index is 0.0577. The zero-order valence-corrected chi connectivity index (χ0v) is 21.3. The SMILES string of the molecule is C=CCN1C(=O)[C@](O)([C@H](C)/C=C/CC(=O)N2CCC[C@H]2CO)c2cc(-n3[nH]c4ccccc4c3=O)ccc21. The number of hydrogen-bond donors (Lipinski definition) is 3. The molecule has 0 bridgehead atoms. The second-order valence-corrected chi connectivity index (χ2v) is 9.96. The van der Waals surface area contributed by atoms with Gasteiger partial charge in [0.05, 0.1) is 34.9 Å². The van der Waals surface area contributed by atoms with Crippen molar-refractivity contribution in [3.63, 3.8) is 0 Å². The number of amides is 2. The number of H-pyrrole nitrogens is 1. The predicted octanol–water partition coefficient (Wildman–Crippen LogP) is 2.60. The van der Waals surface area contributed by atoms with Gasteiger partial charge in [-0.2, -0.15) is 0 Å². The van der Waals surface area contributed by atoms with Gasteiger partial charge >= 0.3 is 0 Å². The number of nitrogens with zero attached hydrogens (tertiary/aromatic N) is 3. The Hall–Kier alpha value is -3.95. The van der Waals surface area contributed by atoms with E-state index in [1.807, 2.05) is 12.1 Å². The van der Waals surface area contributed by atoms with Crippen LogP contribution in [0.1, 0.15) is 31.7 Å². The van der Waals surface area contributed by atoms with Gasteiger partial charge in [0.25, 0.3) is 11.5 Å². The zero-order valence-electron chi connectivity index (χ0n) is 21.3. The lowest BCUT2D eigenvalue weighted by molar-refractivity contribution is -0.139. The zero-order chi connectivity index (χ0) is 27.0. The lowest BCUT2D eigenvalue weighted by Gasteiger charge is -2.27. The Morgan fingerprint density at radius 3 is 2.79 bits per heavy atom. The van der Waals surface area contributed by atoms with Gasteiger partial charge in [-0.25, -0.2) is 4.68 Å². The molecule has 2 amide bonds. The number of hydrogen-bond acceptors (Lipinski definition) is 5.